The number of nitrogens with zero attached hydrogens (tertiary/aromatic N) is 5. The maximum Gasteiger partial charge on any atom is 0.242 e. The molecule has 3 heterocycles. The third kappa shape index (κ3) is 5.74. The van der Waals surface area contributed by atoms with Crippen molar-refractivity contribution >= 4 is 45.4 Å². The number of piperidine rings is 1. The molecule has 2 aromatic carbocycles. The second-order valence-corrected chi connectivity index (χ2v) is 10.2. The molecule has 0 unspecified atom stereocenters. The Hall–Kier alpha value is -4.81. The van der Waals surface area contributed by atoms with E-state index in [1.165, 1.54) is 6.07 Å². The minimum atomic E-state index is -0.691. The van der Waals surface area contributed by atoms with E-state index in [4.69, 9.17) is 10.8 Å². The van der Waals surface area contributed by atoms with E-state index in [1.807, 2.05) is 12.1 Å². The van der Waals surface area contributed by atoms with Crippen molar-refractivity contribution in [3.05, 3.63) is 48.0 Å². The topological polar surface area (TPSA) is 157 Å². The van der Waals surface area contributed by atoms with Crippen LogP contribution in [0.5, 0.6) is 0 Å². The number of likely N-dealkylation sites (tertiary alicyclic amines) is 1. The van der Waals surface area contributed by atoms with E-state index in [0.717, 1.165) is 16.6 Å². The van der Waals surface area contributed by atoms with Gasteiger partial charge in [-0.05, 0) is 36.6 Å². The van der Waals surface area contributed by atoms with Crippen LogP contribution < -0.4 is 16.4 Å². The maximum absolute atomic E-state index is 15.5. The standard InChI is InChI=1S/C28H31FN8O4/c1-16(38)36-8-6-17(7-9-36)28-27-19(20-11-23-18(10-21(20)29)12-33-35(23)2)4-3-5-22(27)37(34-28)15-26(41)32-14-25(40)31-13-24(30)39/h3-5,10-12,17H,6-9,13-15H2,1-2H3,(H2,30,39)(H,31,40)(H,32,41). The Kier molecular flexibility index (Phi) is 7.68. The molecule has 0 aliphatic carbocycles. The van der Waals surface area contributed by atoms with Gasteiger partial charge in [0.1, 0.15) is 12.4 Å². The monoisotopic (exact) mass is 562 g/mol. The SMILES string of the molecule is CC(=O)N1CCC(c2nn(CC(=O)NCC(=O)NCC(N)=O)c3cccc(-c4cc5c(cnn5C)cc4F)c23)CC1. The molecule has 4 aromatic rings. The molecular formula is C28H31FN8O4. The number of carbonyl (C=O) groups excluding carboxylic acids is 4. The summed E-state index contributed by atoms with van der Waals surface area (Å²) in [5.74, 6) is -2.10. The first-order valence-corrected chi connectivity index (χ1v) is 13.3. The predicted molar refractivity (Wildman–Crippen MR) is 149 cm³/mol. The summed E-state index contributed by atoms with van der Waals surface area (Å²) in [4.78, 5) is 49.3. The van der Waals surface area contributed by atoms with Gasteiger partial charge in [-0.25, -0.2) is 4.39 Å². The van der Waals surface area contributed by atoms with Crippen molar-refractivity contribution in [3.63, 3.8) is 0 Å². The molecule has 0 spiro atoms. The van der Waals surface area contributed by atoms with E-state index in [2.05, 4.69) is 15.7 Å². The summed E-state index contributed by atoms with van der Waals surface area (Å²) in [6.07, 6.45) is 2.97. The molecule has 41 heavy (non-hydrogen) atoms. The van der Waals surface area contributed by atoms with Gasteiger partial charge in [-0.2, -0.15) is 10.2 Å². The number of primary amides is 1. The van der Waals surface area contributed by atoms with Crippen LogP contribution in [0.1, 0.15) is 31.4 Å². The highest BCUT2D eigenvalue weighted by Gasteiger charge is 2.28. The fourth-order valence-corrected chi connectivity index (χ4v) is 5.35. The van der Waals surface area contributed by atoms with Gasteiger partial charge < -0.3 is 21.3 Å². The van der Waals surface area contributed by atoms with Crippen LogP contribution in [0.2, 0.25) is 0 Å². The van der Waals surface area contributed by atoms with Crippen LogP contribution in [-0.2, 0) is 32.8 Å². The quantitative estimate of drug-likeness (QED) is 0.293. The normalized spacial score (nSPS) is 14.0. The summed E-state index contributed by atoms with van der Waals surface area (Å²) >= 11 is 0. The third-order valence-corrected chi connectivity index (χ3v) is 7.46. The lowest BCUT2D eigenvalue weighted by Gasteiger charge is -2.30. The Morgan fingerprint density at radius 2 is 1.76 bits per heavy atom. The van der Waals surface area contributed by atoms with Gasteiger partial charge in [0, 0.05) is 49.3 Å². The van der Waals surface area contributed by atoms with Gasteiger partial charge in [-0.3, -0.25) is 28.5 Å². The molecule has 12 nitrogen and oxygen atoms in total. The first kappa shape index (κ1) is 27.7. The molecule has 5 rings (SSSR count). The Morgan fingerprint density at radius 1 is 1.02 bits per heavy atom. The fraction of sp³-hybridized carbons (Fsp3) is 0.357. The predicted octanol–water partition coefficient (Wildman–Crippen LogP) is 1.17. The van der Waals surface area contributed by atoms with Crippen LogP contribution in [0.4, 0.5) is 4.39 Å². The smallest absolute Gasteiger partial charge is 0.242 e. The van der Waals surface area contributed by atoms with Gasteiger partial charge in [-0.15, -0.1) is 0 Å². The molecule has 1 aliphatic heterocycles. The second-order valence-electron chi connectivity index (χ2n) is 10.2. The van der Waals surface area contributed by atoms with E-state index in [-0.39, 0.29) is 31.5 Å². The largest absolute Gasteiger partial charge is 0.368 e. The molecule has 1 fully saturated rings. The number of aromatic nitrogens is 4. The van der Waals surface area contributed by atoms with Crippen LogP contribution in [0.15, 0.2) is 36.5 Å². The summed E-state index contributed by atoms with van der Waals surface area (Å²) in [6.45, 7) is 1.86. The molecule has 0 atom stereocenters. The molecule has 0 radical (unpaired) electrons. The molecular weight excluding hydrogens is 531 g/mol. The highest BCUT2D eigenvalue weighted by molar-refractivity contribution is 6.00. The van der Waals surface area contributed by atoms with Crippen molar-refractivity contribution in [1.82, 2.24) is 35.1 Å². The Labute approximate surface area is 234 Å². The van der Waals surface area contributed by atoms with Crippen molar-refractivity contribution in [2.75, 3.05) is 26.2 Å². The van der Waals surface area contributed by atoms with Gasteiger partial charge in [0.25, 0.3) is 0 Å². The maximum atomic E-state index is 15.5. The van der Waals surface area contributed by atoms with E-state index >= 15 is 4.39 Å². The molecule has 0 bridgehead atoms. The number of amides is 4. The number of fused-ring (bicyclic) bond motifs is 2. The zero-order valence-corrected chi connectivity index (χ0v) is 22.8. The van der Waals surface area contributed by atoms with Gasteiger partial charge in [0.2, 0.25) is 23.6 Å². The van der Waals surface area contributed by atoms with Gasteiger partial charge in [0.15, 0.2) is 0 Å². The van der Waals surface area contributed by atoms with E-state index < -0.39 is 23.5 Å². The van der Waals surface area contributed by atoms with Crippen LogP contribution >= 0.6 is 0 Å². The fourth-order valence-electron chi connectivity index (χ4n) is 5.35. The van der Waals surface area contributed by atoms with Crippen LogP contribution in [0.3, 0.4) is 0 Å². The van der Waals surface area contributed by atoms with Crippen molar-refractivity contribution in [1.29, 1.82) is 0 Å². The van der Waals surface area contributed by atoms with E-state index in [1.54, 1.807) is 46.6 Å². The average molecular weight is 563 g/mol. The lowest BCUT2D eigenvalue weighted by molar-refractivity contribution is -0.130. The highest BCUT2D eigenvalue weighted by atomic mass is 19.1. The Bertz CT molecular complexity index is 1670. The lowest BCUT2D eigenvalue weighted by atomic mass is 9.89. The summed E-state index contributed by atoms with van der Waals surface area (Å²) in [5.41, 5.74) is 8.22. The molecule has 1 saturated heterocycles. The first-order valence-electron chi connectivity index (χ1n) is 13.3. The number of benzene rings is 2. The average Bonchev–Trinajstić information content (AvgIpc) is 3.50. The number of hydrogen-bond acceptors (Lipinski definition) is 6. The summed E-state index contributed by atoms with van der Waals surface area (Å²) in [5, 5.41) is 15.3. The van der Waals surface area contributed by atoms with Crippen molar-refractivity contribution in [2.45, 2.75) is 32.2 Å². The van der Waals surface area contributed by atoms with Gasteiger partial charge in [-0.1, -0.05) is 12.1 Å². The molecule has 1 aliphatic rings. The number of halogens is 1. The number of rotatable bonds is 8. The van der Waals surface area contributed by atoms with Gasteiger partial charge >= 0.3 is 0 Å². The third-order valence-electron chi connectivity index (χ3n) is 7.46. The molecule has 4 N–H and O–H groups in total. The Morgan fingerprint density at radius 3 is 2.46 bits per heavy atom. The Balaban J connectivity index is 1.52. The number of carbonyl (C=O) groups is 4. The number of nitrogens with one attached hydrogen (secondary N) is 2. The highest BCUT2D eigenvalue weighted by Crippen LogP contribution is 2.39. The minimum absolute atomic E-state index is 0.0124. The number of hydrogen-bond donors (Lipinski definition) is 3. The second kappa shape index (κ2) is 11.4. The van der Waals surface area contributed by atoms with E-state index in [9.17, 15) is 19.2 Å². The molecule has 214 valence electrons. The van der Waals surface area contributed by atoms with Crippen molar-refractivity contribution < 1.29 is 23.6 Å². The summed E-state index contributed by atoms with van der Waals surface area (Å²) in [7, 11) is 1.80. The van der Waals surface area contributed by atoms with Crippen molar-refractivity contribution in [2.24, 2.45) is 12.8 Å². The van der Waals surface area contributed by atoms with Crippen molar-refractivity contribution in [3.8, 4) is 11.1 Å². The minimum Gasteiger partial charge on any atom is -0.368 e. The summed E-state index contributed by atoms with van der Waals surface area (Å²) in [6, 6.07) is 8.69. The van der Waals surface area contributed by atoms with Crippen LogP contribution in [0, 0.1) is 5.82 Å². The first-order chi connectivity index (χ1) is 19.6. The van der Waals surface area contributed by atoms with Gasteiger partial charge in [0.05, 0.1) is 36.0 Å². The summed E-state index contributed by atoms with van der Waals surface area (Å²) < 4.78 is 18.8. The van der Waals surface area contributed by atoms with E-state index in [0.29, 0.717) is 48.0 Å². The van der Waals surface area contributed by atoms with Crippen LogP contribution in [0.25, 0.3) is 32.9 Å². The molecule has 13 heteroatoms. The van der Waals surface area contributed by atoms with Crippen LogP contribution in [-0.4, -0.2) is 74.3 Å². The number of nitrogens with two attached hydrogens (primary N) is 1. The molecule has 0 saturated carbocycles. The molecule has 2 aromatic heterocycles. The molecule has 4 amide bonds. The zero-order valence-electron chi connectivity index (χ0n) is 22.8. The lowest BCUT2D eigenvalue weighted by Crippen LogP contribution is -2.41. The number of aryl methyl sites for hydroxylation is 1. The zero-order chi connectivity index (χ0) is 29.3.